The second-order valence-electron chi connectivity index (χ2n) is 5.76. The van der Waals surface area contributed by atoms with E-state index in [4.69, 9.17) is 0 Å². The van der Waals surface area contributed by atoms with Crippen LogP contribution in [0.2, 0.25) is 0 Å². The molecule has 25 heavy (non-hydrogen) atoms. The molecule has 3 nitrogen and oxygen atoms in total. The molecular weight excluding hydrogens is 416 g/mol. The molecule has 0 saturated heterocycles. The molecule has 0 spiro atoms. The van der Waals surface area contributed by atoms with Crippen LogP contribution in [0.4, 0.5) is 0 Å². The quantitative estimate of drug-likeness (QED) is 0.503. The number of thioether (sulfide) groups is 1. The average Bonchev–Trinajstić information content (AvgIpc) is 2.91. The van der Waals surface area contributed by atoms with Crippen molar-refractivity contribution in [3.63, 3.8) is 0 Å². The van der Waals surface area contributed by atoms with Gasteiger partial charge in [0.25, 0.3) is 5.91 Å². The summed E-state index contributed by atoms with van der Waals surface area (Å²) < 4.78 is 4.32. The summed E-state index contributed by atoms with van der Waals surface area (Å²) in [5.74, 6) is 0.258. The molecule has 6 heteroatoms. The van der Waals surface area contributed by atoms with Crippen molar-refractivity contribution < 1.29 is 4.79 Å². The van der Waals surface area contributed by atoms with Crippen molar-refractivity contribution in [3.05, 3.63) is 57.3 Å². The van der Waals surface area contributed by atoms with Crippen LogP contribution in [0.5, 0.6) is 0 Å². The number of aryl methyl sites for hydroxylation is 2. The Balaban J connectivity index is 1.84. The van der Waals surface area contributed by atoms with Crippen LogP contribution >= 0.6 is 39.0 Å². The van der Waals surface area contributed by atoms with E-state index in [2.05, 4.69) is 63.6 Å². The molecule has 0 saturated carbocycles. The minimum Gasteiger partial charge on any atom is -0.316 e. The largest absolute Gasteiger partial charge is 0.316 e. The first kappa shape index (κ1) is 18.4. The SMILES string of the molecule is CCCn1c(=NC(=O)CSc2ccc(C)cc2)sc2cc(Br)ccc21. The van der Waals surface area contributed by atoms with Gasteiger partial charge < -0.3 is 4.57 Å². The molecule has 2 aromatic carbocycles. The Morgan fingerprint density at radius 3 is 2.72 bits per heavy atom. The van der Waals surface area contributed by atoms with Crippen LogP contribution < -0.4 is 4.80 Å². The van der Waals surface area contributed by atoms with Gasteiger partial charge in [0.15, 0.2) is 4.80 Å². The first-order chi connectivity index (χ1) is 12.1. The van der Waals surface area contributed by atoms with E-state index < -0.39 is 0 Å². The van der Waals surface area contributed by atoms with Gasteiger partial charge in [0.05, 0.1) is 16.0 Å². The number of benzene rings is 2. The number of amides is 1. The van der Waals surface area contributed by atoms with E-state index in [1.54, 1.807) is 11.3 Å². The summed E-state index contributed by atoms with van der Waals surface area (Å²) in [5.41, 5.74) is 2.35. The predicted molar refractivity (Wildman–Crippen MR) is 110 cm³/mol. The monoisotopic (exact) mass is 434 g/mol. The summed E-state index contributed by atoms with van der Waals surface area (Å²) in [6.45, 7) is 5.05. The fourth-order valence-corrected chi connectivity index (χ4v) is 4.80. The lowest BCUT2D eigenvalue weighted by molar-refractivity contribution is -0.115. The molecule has 0 bridgehead atoms. The van der Waals surface area contributed by atoms with Gasteiger partial charge in [0.2, 0.25) is 0 Å². The highest BCUT2D eigenvalue weighted by Gasteiger charge is 2.08. The third-order valence-corrected chi connectivity index (χ3v) is 6.23. The number of fused-ring (bicyclic) bond motifs is 1. The van der Waals surface area contributed by atoms with Gasteiger partial charge in [0, 0.05) is 15.9 Å². The smallest absolute Gasteiger partial charge is 0.258 e. The number of thiazole rings is 1. The predicted octanol–water partition coefficient (Wildman–Crippen LogP) is 5.40. The molecule has 0 aliphatic carbocycles. The van der Waals surface area contributed by atoms with E-state index in [-0.39, 0.29) is 5.91 Å². The third-order valence-electron chi connectivity index (χ3n) is 3.70. The van der Waals surface area contributed by atoms with E-state index >= 15 is 0 Å². The number of carbonyl (C=O) groups excluding carboxylic acids is 1. The highest BCUT2D eigenvalue weighted by atomic mass is 79.9. The van der Waals surface area contributed by atoms with Crippen molar-refractivity contribution >= 4 is 55.2 Å². The van der Waals surface area contributed by atoms with Gasteiger partial charge in [-0.2, -0.15) is 4.99 Å². The lowest BCUT2D eigenvalue weighted by Gasteiger charge is -2.03. The van der Waals surface area contributed by atoms with E-state index in [0.717, 1.165) is 37.4 Å². The maximum Gasteiger partial charge on any atom is 0.258 e. The van der Waals surface area contributed by atoms with Crippen LogP contribution in [0.15, 0.2) is 56.8 Å². The number of hydrogen-bond acceptors (Lipinski definition) is 3. The number of nitrogens with zero attached hydrogens (tertiary/aromatic N) is 2. The van der Waals surface area contributed by atoms with Gasteiger partial charge in [-0.15, -0.1) is 11.8 Å². The summed E-state index contributed by atoms with van der Waals surface area (Å²) >= 11 is 6.60. The van der Waals surface area contributed by atoms with Gasteiger partial charge in [-0.05, 0) is 43.7 Å². The van der Waals surface area contributed by atoms with Crippen molar-refractivity contribution in [2.45, 2.75) is 31.7 Å². The van der Waals surface area contributed by atoms with E-state index in [0.29, 0.717) is 5.75 Å². The van der Waals surface area contributed by atoms with Gasteiger partial charge in [-0.1, -0.05) is 51.9 Å². The zero-order valence-electron chi connectivity index (χ0n) is 14.2. The molecule has 0 fully saturated rings. The summed E-state index contributed by atoms with van der Waals surface area (Å²) in [6.07, 6.45) is 1.00. The Morgan fingerprint density at radius 2 is 2.00 bits per heavy atom. The fraction of sp³-hybridized carbons (Fsp3) is 0.263. The zero-order chi connectivity index (χ0) is 17.8. The third kappa shape index (κ3) is 4.63. The molecule has 1 aromatic heterocycles. The van der Waals surface area contributed by atoms with Gasteiger partial charge in [-0.3, -0.25) is 4.79 Å². The summed E-state index contributed by atoms with van der Waals surface area (Å²) in [6, 6.07) is 14.4. The second-order valence-corrected chi connectivity index (χ2v) is 8.73. The molecule has 0 unspecified atom stereocenters. The van der Waals surface area contributed by atoms with E-state index in [1.807, 2.05) is 18.2 Å². The Bertz CT molecular complexity index is 958. The molecule has 3 rings (SSSR count). The van der Waals surface area contributed by atoms with Crippen LogP contribution in [0.3, 0.4) is 0 Å². The number of carbonyl (C=O) groups is 1. The topological polar surface area (TPSA) is 34.4 Å². The first-order valence-corrected chi connectivity index (χ1v) is 10.7. The van der Waals surface area contributed by atoms with Crippen LogP contribution in [0, 0.1) is 6.92 Å². The first-order valence-electron chi connectivity index (χ1n) is 8.12. The molecule has 0 aliphatic rings. The van der Waals surface area contributed by atoms with Crippen molar-refractivity contribution in [1.82, 2.24) is 4.57 Å². The van der Waals surface area contributed by atoms with Crippen molar-refractivity contribution in [3.8, 4) is 0 Å². The van der Waals surface area contributed by atoms with Crippen molar-refractivity contribution in [2.75, 3.05) is 5.75 Å². The second kappa shape index (κ2) is 8.34. The number of halogens is 1. The average molecular weight is 435 g/mol. The molecule has 0 atom stereocenters. The number of aromatic nitrogens is 1. The highest BCUT2D eigenvalue weighted by Crippen LogP contribution is 2.23. The molecular formula is C19H19BrN2OS2. The molecule has 0 radical (unpaired) electrons. The molecule has 1 amide bonds. The Hall–Kier alpha value is -1.37. The van der Waals surface area contributed by atoms with E-state index in [9.17, 15) is 4.79 Å². The Kier molecular flexibility index (Phi) is 6.15. The fourth-order valence-electron chi connectivity index (χ4n) is 2.49. The van der Waals surface area contributed by atoms with Crippen LogP contribution in [0.1, 0.15) is 18.9 Å². The molecule has 3 aromatic rings. The summed E-state index contributed by atoms with van der Waals surface area (Å²) in [7, 11) is 0. The maximum atomic E-state index is 12.3. The lowest BCUT2D eigenvalue weighted by Crippen LogP contribution is -2.17. The Labute approximate surface area is 163 Å². The van der Waals surface area contributed by atoms with Gasteiger partial charge >= 0.3 is 0 Å². The van der Waals surface area contributed by atoms with Crippen LogP contribution in [-0.2, 0) is 11.3 Å². The molecule has 1 heterocycles. The Morgan fingerprint density at radius 1 is 1.24 bits per heavy atom. The minimum atomic E-state index is -0.0963. The summed E-state index contributed by atoms with van der Waals surface area (Å²) in [5, 5.41) is 0. The molecule has 0 aliphatic heterocycles. The van der Waals surface area contributed by atoms with Crippen LogP contribution in [-0.4, -0.2) is 16.2 Å². The minimum absolute atomic E-state index is 0.0963. The van der Waals surface area contributed by atoms with E-state index in [1.165, 1.54) is 17.3 Å². The van der Waals surface area contributed by atoms with Crippen molar-refractivity contribution in [2.24, 2.45) is 4.99 Å². The molecule has 0 N–H and O–H groups in total. The number of hydrogen-bond donors (Lipinski definition) is 0. The zero-order valence-corrected chi connectivity index (χ0v) is 17.4. The summed E-state index contributed by atoms with van der Waals surface area (Å²) in [4.78, 5) is 18.6. The maximum absolute atomic E-state index is 12.3. The standard InChI is InChI=1S/C19H19BrN2OS2/c1-3-10-22-16-9-6-14(20)11-17(16)25-19(22)21-18(23)12-24-15-7-4-13(2)5-8-15/h4-9,11H,3,10,12H2,1-2H3. The molecule has 130 valence electrons. The normalized spacial score (nSPS) is 12.0. The van der Waals surface area contributed by atoms with Crippen LogP contribution in [0.25, 0.3) is 10.2 Å². The van der Waals surface area contributed by atoms with Gasteiger partial charge in [0.1, 0.15) is 0 Å². The van der Waals surface area contributed by atoms with Crippen molar-refractivity contribution in [1.29, 1.82) is 0 Å². The number of rotatable bonds is 5. The van der Waals surface area contributed by atoms with Gasteiger partial charge in [-0.25, -0.2) is 0 Å². The highest BCUT2D eigenvalue weighted by molar-refractivity contribution is 9.10. The lowest BCUT2D eigenvalue weighted by atomic mass is 10.2.